The average Bonchev–Trinajstić information content (AvgIpc) is 2.90. The Morgan fingerprint density at radius 2 is 2.25 bits per heavy atom. The first kappa shape index (κ1) is 14.5. The van der Waals surface area contributed by atoms with E-state index in [1.165, 1.54) is 0 Å². The lowest BCUT2D eigenvalue weighted by molar-refractivity contribution is -0.151. The Morgan fingerprint density at radius 1 is 1.50 bits per heavy atom. The number of amides is 1. The summed E-state index contributed by atoms with van der Waals surface area (Å²) in [6.45, 7) is 3.60. The van der Waals surface area contributed by atoms with Crippen molar-refractivity contribution in [3.63, 3.8) is 0 Å². The van der Waals surface area contributed by atoms with E-state index < -0.39 is 17.3 Å². The Morgan fingerprint density at radius 3 is 2.85 bits per heavy atom. The van der Waals surface area contributed by atoms with Gasteiger partial charge in [-0.3, -0.25) is 14.7 Å². The van der Waals surface area contributed by atoms with Gasteiger partial charge in [-0.25, -0.2) is 4.98 Å². The number of aromatic amines is 1. The number of rotatable bonds is 4. The van der Waals surface area contributed by atoms with E-state index in [0.717, 1.165) is 12.8 Å². The molecule has 0 radical (unpaired) electrons. The highest BCUT2D eigenvalue weighted by molar-refractivity contribution is 5.91. The van der Waals surface area contributed by atoms with Crippen LogP contribution in [0.4, 0.5) is 0 Å². The third-order valence-corrected chi connectivity index (χ3v) is 4.07. The molecule has 1 fully saturated rings. The van der Waals surface area contributed by atoms with Gasteiger partial charge in [0.25, 0.3) is 5.91 Å². The van der Waals surface area contributed by atoms with Gasteiger partial charge in [0, 0.05) is 12.5 Å². The molecule has 20 heavy (non-hydrogen) atoms. The molecular weight excluding hydrogens is 260 g/mol. The van der Waals surface area contributed by atoms with Crippen molar-refractivity contribution >= 4 is 11.9 Å². The van der Waals surface area contributed by atoms with Crippen LogP contribution < -0.4 is 5.32 Å². The Balaban J connectivity index is 2.10. The summed E-state index contributed by atoms with van der Waals surface area (Å²) in [6.07, 6.45) is 3.69. The summed E-state index contributed by atoms with van der Waals surface area (Å²) in [7, 11) is 0. The van der Waals surface area contributed by atoms with Crippen LogP contribution in [0.25, 0.3) is 0 Å². The van der Waals surface area contributed by atoms with Crippen LogP contribution in [0, 0.1) is 5.41 Å². The molecule has 0 spiro atoms. The smallest absolute Gasteiger partial charge is 0.311 e. The number of hydrogen-bond donors (Lipinski definition) is 3. The summed E-state index contributed by atoms with van der Waals surface area (Å²) in [4.78, 5) is 27.6. The standard InChI is InChI=1S/C13H20N4O3/c1-3-9-15-10(17-16-9)11(18)14-8-6-4-5-7-13(8,2)12(19)20/h8H,3-7H2,1-2H3,(H,14,18)(H,19,20)(H,15,16,17). The highest BCUT2D eigenvalue weighted by Gasteiger charge is 2.44. The molecule has 7 heteroatoms. The quantitative estimate of drug-likeness (QED) is 0.766. The predicted octanol–water partition coefficient (Wildman–Crippen LogP) is 1.13. The number of aryl methyl sites for hydroxylation is 1. The summed E-state index contributed by atoms with van der Waals surface area (Å²) < 4.78 is 0. The van der Waals surface area contributed by atoms with Crippen LogP contribution in [0.2, 0.25) is 0 Å². The van der Waals surface area contributed by atoms with Crippen molar-refractivity contribution in [1.82, 2.24) is 20.5 Å². The monoisotopic (exact) mass is 280 g/mol. The molecule has 110 valence electrons. The summed E-state index contributed by atoms with van der Waals surface area (Å²) in [5.74, 6) is -0.577. The molecule has 1 heterocycles. The minimum atomic E-state index is -0.919. The Bertz CT molecular complexity index is 513. The number of H-pyrrole nitrogens is 1. The zero-order valence-electron chi connectivity index (χ0n) is 11.8. The SMILES string of the molecule is CCc1nc(C(=O)NC2CCCCC2(C)C(=O)O)n[nH]1. The van der Waals surface area contributed by atoms with E-state index in [4.69, 9.17) is 0 Å². The van der Waals surface area contributed by atoms with Crippen molar-refractivity contribution in [2.24, 2.45) is 5.41 Å². The third-order valence-electron chi connectivity index (χ3n) is 4.07. The van der Waals surface area contributed by atoms with Crippen molar-refractivity contribution in [3.8, 4) is 0 Å². The molecule has 2 atom stereocenters. The Kier molecular flexibility index (Phi) is 4.06. The van der Waals surface area contributed by atoms with Crippen LogP contribution in [0.1, 0.15) is 56.0 Å². The van der Waals surface area contributed by atoms with Crippen molar-refractivity contribution in [2.75, 3.05) is 0 Å². The molecule has 0 aliphatic heterocycles. The molecule has 1 saturated carbocycles. The highest BCUT2D eigenvalue weighted by Crippen LogP contribution is 2.36. The van der Waals surface area contributed by atoms with E-state index in [1.54, 1.807) is 6.92 Å². The first-order valence-electron chi connectivity index (χ1n) is 6.93. The maximum absolute atomic E-state index is 12.1. The minimum Gasteiger partial charge on any atom is -0.481 e. The number of aliphatic carboxylic acids is 1. The predicted molar refractivity (Wildman–Crippen MR) is 71.2 cm³/mol. The number of nitrogens with one attached hydrogen (secondary N) is 2. The maximum Gasteiger partial charge on any atom is 0.311 e. The van der Waals surface area contributed by atoms with Gasteiger partial charge in [-0.05, 0) is 19.8 Å². The second-order valence-corrected chi connectivity index (χ2v) is 5.45. The van der Waals surface area contributed by atoms with Crippen LogP contribution in [-0.4, -0.2) is 38.2 Å². The molecule has 0 bridgehead atoms. The third kappa shape index (κ3) is 2.66. The minimum absolute atomic E-state index is 0.0696. The van der Waals surface area contributed by atoms with E-state index in [9.17, 15) is 14.7 Å². The number of hydrogen-bond acceptors (Lipinski definition) is 4. The van der Waals surface area contributed by atoms with Crippen LogP contribution >= 0.6 is 0 Å². The van der Waals surface area contributed by atoms with Gasteiger partial charge < -0.3 is 10.4 Å². The van der Waals surface area contributed by atoms with Crippen molar-refractivity contribution in [2.45, 2.75) is 52.0 Å². The van der Waals surface area contributed by atoms with Gasteiger partial charge >= 0.3 is 5.97 Å². The summed E-state index contributed by atoms with van der Waals surface area (Å²) in [5.41, 5.74) is -0.919. The number of carboxylic acid groups (broad SMARTS) is 1. The van der Waals surface area contributed by atoms with Crippen LogP contribution in [0.5, 0.6) is 0 Å². The van der Waals surface area contributed by atoms with Gasteiger partial charge in [0.1, 0.15) is 5.82 Å². The first-order chi connectivity index (χ1) is 9.47. The second kappa shape index (κ2) is 5.60. The lowest BCUT2D eigenvalue weighted by Crippen LogP contribution is -2.52. The van der Waals surface area contributed by atoms with Gasteiger partial charge in [-0.2, -0.15) is 0 Å². The normalized spacial score (nSPS) is 26.2. The number of nitrogens with zero attached hydrogens (tertiary/aromatic N) is 2. The summed E-state index contributed by atoms with van der Waals surface area (Å²) in [6, 6.07) is -0.384. The molecular formula is C13H20N4O3. The van der Waals surface area contributed by atoms with Gasteiger partial charge in [0.2, 0.25) is 5.82 Å². The summed E-state index contributed by atoms with van der Waals surface area (Å²) >= 11 is 0. The number of carboxylic acids is 1. The fourth-order valence-corrected chi connectivity index (χ4v) is 2.60. The average molecular weight is 280 g/mol. The van der Waals surface area contributed by atoms with E-state index in [2.05, 4.69) is 20.5 Å². The van der Waals surface area contributed by atoms with Gasteiger partial charge in [-0.1, -0.05) is 19.8 Å². The number of aromatic nitrogens is 3. The molecule has 1 amide bonds. The lowest BCUT2D eigenvalue weighted by Gasteiger charge is -2.38. The van der Waals surface area contributed by atoms with Crippen LogP contribution in [0.3, 0.4) is 0 Å². The van der Waals surface area contributed by atoms with Crippen molar-refractivity contribution in [1.29, 1.82) is 0 Å². The fourth-order valence-electron chi connectivity index (χ4n) is 2.60. The molecule has 3 N–H and O–H groups in total. The molecule has 2 rings (SSSR count). The fraction of sp³-hybridized carbons (Fsp3) is 0.692. The van der Waals surface area contributed by atoms with E-state index in [0.29, 0.717) is 25.1 Å². The lowest BCUT2D eigenvalue weighted by atomic mass is 9.71. The second-order valence-electron chi connectivity index (χ2n) is 5.45. The zero-order valence-corrected chi connectivity index (χ0v) is 11.8. The van der Waals surface area contributed by atoms with E-state index in [1.807, 2.05) is 6.92 Å². The van der Waals surface area contributed by atoms with Crippen molar-refractivity contribution < 1.29 is 14.7 Å². The van der Waals surface area contributed by atoms with Gasteiger partial charge in [0.05, 0.1) is 5.41 Å². The number of carbonyl (C=O) groups is 2. The molecule has 7 nitrogen and oxygen atoms in total. The maximum atomic E-state index is 12.1. The van der Waals surface area contributed by atoms with Crippen LogP contribution in [0.15, 0.2) is 0 Å². The van der Waals surface area contributed by atoms with Gasteiger partial charge in [0.15, 0.2) is 0 Å². The first-order valence-corrected chi connectivity index (χ1v) is 6.93. The largest absolute Gasteiger partial charge is 0.481 e. The van der Waals surface area contributed by atoms with E-state index in [-0.39, 0.29) is 11.9 Å². The molecule has 1 aliphatic rings. The number of carbonyl (C=O) groups excluding carboxylic acids is 1. The highest BCUT2D eigenvalue weighted by atomic mass is 16.4. The topological polar surface area (TPSA) is 108 Å². The molecule has 1 aliphatic carbocycles. The van der Waals surface area contributed by atoms with Gasteiger partial charge in [-0.15, -0.1) is 5.10 Å². The van der Waals surface area contributed by atoms with Crippen LogP contribution in [-0.2, 0) is 11.2 Å². The Hall–Kier alpha value is -1.92. The molecule has 2 unspecified atom stereocenters. The molecule has 0 saturated heterocycles. The Labute approximate surface area is 117 Å². The molecule has 1 aromatic rings. The molecule has 0 aromatic carbocycles. The van der Waals surface area contributed by atoms with E-state index >= 15 is 0 Å². The molecule has 1 aromatic heterocycles. The van der Waals surface area contributed by atoms with Crippen molar-refractivity contribution in [3.05, 3.63) is 11.6 Å². The summed E-state index contributed by atoms with van der Waals surface area (Å²) in [5, 5.41) is 18.7. The zero-order chi connectivity index (χ0) is 14.8.